The standard InChI is InChI=1S/C47H69N11O11S/c1-5-27(4)40(57-41(63)31(48)21-28-13-15-30(59)16-14-28)46(68)53-32(17-18-37(49)60)43(65)54-34(22-38(50)61)44(66)56-35(25-70-24-29-10-7-6-8-11-29)47(69)58-19-9-12-36(58)45(67)55-33(20-26(2)3)42(64)52-23-39(51)62/h6-8,10-11,13-16,26-27,31-36,40,59H,5,9,12,17-25,48H2,1-4H3,(H2,49,60)(H2,50,61)(H2,51,62)(H,52,64)(H,53,68)(H,54,65)(H,55,67)(H,56,66)(H,57,63)/t27?,31-,32-,33-,34-,35-,36-,40-/m0/s1. The van der Waals surface area contributed by atoms with Crippen molar-refractivity contribution in [2.45, 2.75) is 127 Å². The second-order valence-corrected chi connectivity index (χ2v) is 18.8. The van der Waals surface area contributed by atoms with E-state index in [0.717, 1.165) is 5.56 Å². The highest BCUT2D eigenvalue weighted by Crippen LogP contribution is 2.22. The van der Waals surface area contributed by atoms with Crippen LogP contribution in [0.5, 0.6) is 5.75 Å². The van der Waals surface area contributed by atoms with Crippen LogP contribution >= 0.6 is 11.8 Å². The molecule has 1 saturated heterocycles. The number of thioether (sulfide) groups is 1. The van der Waals surface area contributed by atoms with Crippen LogP contribution in [-0.4, -0.2) is 130 Å². The Hall–Kier alpha value is -6.75. The number of benzene rings is 2. The number of nitrogens with one attached hydrogen (secondary N) is 6. The maximum absolute atomic E-state index is 14.5. The van der Waals surface area contributed by atoms with E-state index in [1.165, 1.54) is 28.8 Å². The minimum atomic E-state index is -1.72. The molecule has 8 atom stereocenters. The Bertz CT molecular complexity index is 2150. The first kappa shape index (κ1) is 57.6. The average molecular weight is 996 g/mol. The van der Waals surface area contributed by atoms with E-state index >= 15 is 0 Å². The Kier molecular flexibility index (Phi) is 23.6. The zero-order chi connectivity index (χ0) is 52.1. The number of nitrogens with zero attached hydrogens (tertiary/aromatic N) is 1. The Morgan fingerprint density at radius 3 is 1.94 bits per heavy atom. The lowest BCUT2D eigenvalue weighted by molar-refractivity contribution is -0.142. The Balaban J connectivity index is 1.87. The van der Waals surface area contributed by atoms with Gasteiger partial charge in [-0.15, -0.1) is 0 Å². The maximum Gasteiger partial charge on any atom is 0.246 e. The molecule has 0 saturated carbocycles. The number of carbonyl (C=O) groups is 10. The van der Waals surface area contributed by atoms with Crippen molar-refractivity contribution >= 4 is 70.8 Å². The number of phenolic OH excluding ortho intramolecular Hbond substituents is 1. The van der Waals surface area contributed by atoms with Crippen molar-refractivity contribution in [3.8, 4) is 5.75 Å². The summed E-state index contributed by atoms with van der Waals surface area (Å²) in [6, 6.07) is 6.26. The second kappa shape index (κ2) is 28.7. The summed E-state index contributed by atoms with van der Waals surface area (Å²) in [4.78, 5) is 134. The highest BCUT2D eigenvalue weighted by molar-refractivity contribution is 7.98. The zero-order valence-corrected chi connectivity index (χ0v) is 40.9. The molecule has 2 aromatic rings. The number of phenols is 1. The average Bonchev–Trinajstić information content (AvgIpc) is 3.81. The number of hydrogen-bond donors (Lipinski definition) is 11. The molecule has 23 heteroatoms. The highest BCUT2D eigenvalue weighted by Gasteiger charge is 2.40. The molecule has 1 aliphatic rings. The molecular formula is C47H69N11O11S. The van der Waals surface area contributed by atoms with Crippen molar-refractivity contribution in [3.05, 3.63) is 65.7 Å². The monoisotopic (exact) mass is 995 g/mol. The van der Waals surface area contributed by atoms with E-state index in [4.69, 9.17) is 22.9 Å². The number of likely N-dealkylation sites (tertiary alicyclic amines) is 1. The van der Waals surface area contributed by atoms with Gasteiger partial charge in [0.1, 0.15) is 42.0 Å². The largest absolute Gasteiger partial charge is 0.508 e. The van der Waals surface area contributed by atoms with Gasteiger partial charge < -0.3 is 64.8 Å². The van der Waals surface area contributed by atoms with Crippen molar-refractivity contribution < 1.29 is 53.1 Å². The molecule has 0 bridgehead atoms. The summed E-state index contributed by atoms with van der Waals surface area (Å²) in [6.07, 6.45) is -0.236. The van der Waals surface area contributed by atoms with Crippen LogP contribution in [0.4, 0.5) is 0 Å². The number of amides is 10. The van der Waals surface area contributed by atoms with Gasteiger partial charge in [0.15, 0.2) is 0 Å². The van der Waals surface area contributed by atoms with Gasteiger partial charge in [-0.25, -0.2) is 0 Å². The Morgan fingerprint density at radius 2 is 1.34 bits per heavy atom. The summed E-state index contributed by atoms with van der Waals surface area (Å²) in [5.41, 5.74) is 23.9. The third-order valence-electron chi connectivity index (χ3n) is 11.5. The van der Waals surface area contributed by atoms with Crippen molar-refractivity contribution in [2.75, 3.05) is 18.8 Å². The van der Waals surface area contributed by atoms with Gasteiger partial charge in [0.25, 0.3) is 0 Å². The van der Waals surface area contributed by atoms with E-state index in [1.807, 2.05) is 44.2 Å². The molecule has 15 N–H and O–H groups in total. The Labute approximate surface area is 411 Å². The molecule has 1 heterocycles. The van der Waals surface area contributed by atoms with Gasteiger partial charge in [0.2, 0.25) is 59.1 Å². The van der Waals surface area contributed by atoms with E-state index in [2.05, 4.69) is 31.9 Å². The molecule has 0 aliphatic carbocycles. The first-order valence-corrected chi connectivity index (χ1v) is 24.4. The highest BCUT2D eigenvalue weighted by atomic mass is 32.2. The van der Waals surface area contributed by atoms with E-state index in [9.17, 15) is 53.1 Å². The van der Waals surface area contributed by atoms with Gasteiger partial charge in [-0.3, -0.25) is 47.9 Å². The Morgan fingerprint density at radius 1 is 0.714 bits per heavy atom. The van der Waals surface area contributed by atoms with Crippen molar-refractivity contribution in [3.63, 3.8) is 0 Å². The molecule has 1 aliphatic heterocycles. The summed E-state index contributed by atoms with van der Waals surface area (Å²) in [5, 5.41) is 25.0. The van der Waals surface area contributed by atoms with E-state index in [1.54, 1.807) is 26.0 Å². The van der Waals surface area contributed by atoms with Crippen molar-refractivity contribution in [1.29, 1.82) is 0 Å². The molecular weight excluding hydrogens is 927 g/mol. The summed E-state index contributed by atoms with van der Waals surface area (Å²) < 4.78 is 0. The normalized spacial score (nSPS) is 16.3. The van der Waals surface area contributed by atoms with Crippen LogP contribution in [0.1, 0.15) is 83.8 Å². The van der Waals surface area contributed by atoms with Crippen molar-refractivity contribution in [1.82, 2.24) is 36.8 Å². The quantitative estimate of drug-likeness (QED) is 0.0440. The second-order valence-electron chi connectivity index (χ2n) is 17.8. The third-order valence-corrected chi connectivity index (χ3v) is 12.6. The summed E-state index contributed by atoms with van der Waals surface area (Å²) in [5.74, 6) is -8.26. The molecule has 70 heavy (non-hydrogen) atoms. The number of aromatic hydroxyl groups is 1. The lowest BCUT2D eigenvalue weighted by Gasteiger charge is -2.31. The summed E-state index contributed by atoms with van der Waals surface area (Å²) in [6.45, 7) is 6.80. The molecule has 0 radical (unpaired) electrons. The van der Waals surface area contributed by atoms with Crippen molar-refractivity contribution in [2.24, 2.45) is 34.8 Å². The predicted octanol–water partition coefficient (Wildman–Crippen LogP) is -1.56. The summed E-state index contributed by atoms with van der Waals surface area (Å²) in [7, 11) is 0. The fraction of sp³-hybridized carbons (Fsp3) is 0.532. The van der Waals surface area contributed by atoms with Crippen LogP contribution in [0.3, 0.4) is 0 Å². The topological polar surface area (TPSA) is 370 Å². The van der Waals surface area contributed by atoms with Crippen LogP contribution in [0.2, 0.25) is 0 Å². The molecule has 1 unspecified atom stereocenters. The van der Waals surface area contributed by atoms with Crippen LogP contribution in [0.25, 0.3) is 0 Å². The molecule has 3 rings (SSSR count). The van der Waals surface area contributed by atoms with Gasteiger partial charge in [0, 0.05) is 24.5 Å². The maximum atomic E-state index is 14.5. The van der Waals surface area contributed by atoms with Crippen LogP contribution in [0.15, 0.2) is 54.6 Å². The number of carbonyl (C=O) groups excluding carboxylic acids is 10. The fourth-order valence-electron chi connectivity index (χ4n) is 7.53. The van der Waals surface area contributed by atoms with Crippen LogP contribution < -0.4 is 54.8 Å². The predicted molar refractivity (Wildman–Crippen MR) is 260 cm³/mol. The summed E-state index contributed by atoms with van der Waals surface area (Å²) >= 11 is 1.29. The third kappa shape index (κ3) is 19.3. The van der Waals surface area contributed by atoms with Gasteiger partial charge in [-0.1, -0.05) is 76.6 Å². The first-order valence-electron chi connectivity index (χ1n) is 23.2. The molecule has 22 nitrogen and oxygen atoms in total. The zero-order valence-electron chi connectivity index (χ0n) is 40.1. The van der Waals surface area contributed by atoms with Gasteiger partial charge in [0.05, 0.1) is 19.0 Å². The number of hydrogen-bond acceptors (Lipinski definition) is 13. The molecule has 10 amide bonds. The van der Waals surface area contributed by atoms with Crippen LogP contribution in [0, 0.1) is 11.8 Å². The van der Waals surface area contributed by atoms with E-state index in [0.29, 0.717) is 24.2 Å². The minimum Gasteiger partial charge on any atom is -0.508 e. The minimum absolute atomic E-state index is 0.0241. The molecule has 384 valence electrons. The lowest BCUT2D eigenvalue weighted by atomic mass is 9.96. The molecule has 0 spiro atoms. The molecule has 1 fully saturated rings. The van der Waals surface area contributed by atoms with E-state index < -0.39 is 127 Å². The van der Waals surface area contributed by atoms with Gasteiger partial charge >= 0.3 is 0 Å². The van der Waals surface area contributed by atoms with Gasteiger partial charge in [-0.05, 0) is 67.2 Å². The van der Waals surface area contributed by atoms with E-state index in [-0.39, 0.29) is 49.6 Å². The SMILES string of the molecule is CCC(C)[C@H](NC(=O)[C@@H](N)Cc1ccc(O)cc1)C(=O)N[C@@H](CCC(N)=O)C(=O)N[C@@H](CC(N)=O)C(=O)N[C@@H](CSCc1ccccc1)C(=O)N1CCC[C@H]1C(=O)N[C@@H](CC(C)C)C(=O)NCC(N)=O. The number of rotatable bonds is 29. The van der Waals surface area contributed by atoms with Crippen LogP contribution in [-0.2, 0) is 60.1 Å². The number of primary amides is 3. The molecule has 2 aromatic carbocycles. The first-order chi connectivity index (χ1) is 33.1. The molecule has 0 aromatic heterocycles. The fourth-order valence-corrected chi connectivity index (χ4v) is 8.54. The number of nitrogens with two attached hydrogens (primary N) is 4. The van der Waals surface area contributed by atoms with Gasteiger partial charge in [-0.2, -0.15) is 11.8 Å². The lowest BCUT2D eigenvalue weighted by Crippen LogP contribution is -2.61. The smallest absolute Gasteiger partial charge is 0.246 e.